The minimum absolute atomic E-state index is 0.211. The van der Waals surface area contributed by atoms with Gasteiger partial charge in [0.15, 0.2) is 6.35 Å². The predicted molar refractivity (Wildman–Crippen MR) is 97.6 cm³/mol. The largest absolute Gasteiger partial charge is 0.444 e. The van der Waals surface area contributed by atoms with Crippen molar-refractivity contribution in [2.45, 2.75) is 51.5 Å². The van der Waals surface area contributed by atoms with Gasteiger partial charge in [0, 0.05) is 31.9 Å². The smallest absolute Gasteiger partial charge is 0.410 e. The molecule has 25 heavy (non-hydrogen) atoms. The number of ether oxygens (including phenoxy) is 1. The van der Waals surface area contributed by atoms with Crippen LogP contribution in [0.4, 0.5) is 10.5 Å². The van der Waals surface area contributed by atoms with Gasteiger partial charge in [-0.1, -0.05) is 12.1 Å². The van der Waals surface area contributed by atoms with E-state index in [0.29, 0.717) is 5.92 Å². The Kier molecular flexibility index (Phi) is 5.20. The van der Waals surface area contributed by atoms with Crippen LogP contribution in [-0.4, -0.2) is 54.2 Å². The van der Waals surface area contributed by atoms with Crippen LogP contribution in [0.2, 0.25) is 0 Å². The van der Waals surface area contributed by atoms with Crippen LogP contribution < -0.4 is 10.2 Å². The zero-order valence-electron chi connectivity index (χ0n) is 15.4. The van der Waals surface area contributed by atoms with E-state index in [1.807, 2.05) is 30.6 Å². The summed E-state index contributed by atoms with van der Waals surface area (Å²) in [5, 5.41) is 12.9. The molecule has 138 valence electrons. The summed E-state index contributed by atoms with van der Waals surface area (Å²) in [5.74, 6) is 0.467. The quantitative estimate of drug-likeness (QED) is 0.860. The van der Waals surface area contributed by atoms with Gasteiger partial charge in [-0.2, -0.15) is 0 Å². The summed E-state index contributed by atoms with van der Waals surface area (Å²) in [5.41, 5.74) is 1.89. The van der Waals surface area contributed by atoms with Crippen LogP contribution in [0.25, 0.3) is 0 Å². The predicted octanol–water partition coefficient (Wildman–Crippen LogP) is 2.49. The average Bonchev–Trinajstić information content (AvgIpc) is 3.00. The van der Waals surface area contributed by atoms with Crippen molar-refractivity contribution in [3.05, 3.63) is 29.8 Å². The fourth-order valence-electron chi connectivity index (χ4n) is 3.48. The molecule has 6 nitrogen and oxygen atoms in total. The van der Waals surface area contributed by atoms with Crippen molar-refractivity contribution in [3.63, 3.8) is 0 Å². The molecule has 0 aromatic heterocycles. The molecule has 2 heterocycles. The number of carbonyl (C=O) groups excluding carboxylic acids is 1. The van der Waals surface area contributed by atoms with Gasteiger partial charge >= 0.3 is 6.09 Å². The molecule has 0 radical (unpaired) electrons. The monoisotopic (exact) mass is 347 g/mol. The second kappa shape index (κ2) is 7.22. The lowest BCUT2D eigenvalue weighted by Gasteiger charge is -2.33. The molecule has 1 amide bonds. The number of aliphatic hydroxyl groups is 1. The van der Waals surface area contributed by atoms with Gasteiger partial charge in [0.2, 0.25) is 0 Å². The molecular weight excluding hydrogens is 318 g/mol. The number of likely N-dealkylation sites (tertiary alicyclic amines) is 1. The van der Waals surface area contributed by atoms with Gasteiger partial charge in [0.05, 0.1) is 0 Å². The Morgan fingerprint density at radius 3 is 2.32 bits per heavy atom. The fraction of sp³-hybridized carbons (Fsp3) is 0.632. The molecule has 2 aliphatic heterocycles. The highest BCUT2D eigenvalue weighted by Crippen LogP contribution is 2.30. The van der Waals surface area contributed by atoms with Crippen molar-refractivity contribution in [1.29, 1.82) is 0 Å². The third kappa shape index (κ3) is 4.44. The molecule has 2 saturated heterocycles. The number of rotatable bonds is 2. The van der Waals surface area contributed by atoms with E-state index in [4.69, 9.17) is 4.74 Å². The van der Waals surface area contributed by atoms with E-state index < -0.39 is 12.0 Å². The molecule has 2 fully saturated rings. The SMILES string of the molecule is CC(C)(C)OC(=O)N1CCC(c2ccc(N3CCNC3O)cc2)CC1. The van der Waals surface area contributed by atoms with E-state index >= 15 is 0 Å². The van der Waals surface area contributed by atoms with Crippen molar-refractivity contribution in [3.8, 4) is 0 Å². The summed E-state index contributed by atoms with van der Waals surface area (Å²) in [6.07, 6.45) is 1.10. The molecule has 2 aliphatic rings. The average molecular weight is 347 g/mol. The number of anilines is 1. The lowest BCUT2D eigenvalue weighted by Crippen LogP contribution is -2.41. The number of amides is 1. The highest BCUT2D eigenvalue weighted by Gasteiger charge is 2.28. The summed E-state index contributed by atoms with van der Waals surface area (Å²) in [6.45, 7) is 8.76. The van der Waals surface area contributed by atoms with E-state index in [0.717, 1.165) is 44.7 Å². The lowest BCUT2D eigenvalue weighted by atomic mass is 9.89. The zero-order valence-corrected chi connectivity index (χ0v) is 15.4. The number of nitrogens with one attached hydrogen (secondary N) is 1. The molecule has 0 saturated carbocycles. The third-order valence-corrected chi connectivity index (χ3v) is 4.82. The molecule has 1 aromatic rings. The first-order chi connectivity index (χ1) is 11.8. The molecule has 3 rings (SSSR count). The second-order valence-corrected chi connectivity index (χ2v) is 7.85. The fourth-order valence-corrected chi connectivity index (χ4v) is 3.48. The number of hydrogen-bond acceptors (Lipinski definition) is 5. The normalized spacial score (nSPS) is 22.3. The van der Waals surface area contributed by atoms with Crippen LogP contribution >= 0.6 is 0 Å². The minimum atomic E-state index is -0.595. The van der Waals surface area contributed by atoms with E-state index in [-0.39, 0.29) is 6.09 Å². The van der Waals surface area contributed by atoms with E-state index in [1.54, 1.807) is 0 Å². The molecule has 1 aromatic carbocycles. The van der Waals surface area contributed by atoms with Crippen molar-refractivity contribution in [2.75, 3.05) is 31.1 Å². The zero-order chi connectivity index (χ0) is 18.0. The third-order valence-electron chi connectivity index (χ3n) is 4.82. The second-order valence-electron chi connectivity index (χ2n) is 7.85. The maximum absolute atomic E-state index is 12.1. The maximum Gasteiger partial charge on any atom is 0.410 e. The van der Waals surface area contributed by atoms with Crippen LogP contribution in [0, 0.1) is 0 Å². The number of nitrogens with zero attached hydrogens (tertiary/aromatic N) is 2. The Balaban J connectivity index is 1.55. The summed E-state index contributed by atoms with van der Waals surface area (Å²) < 4.78 is 5.45. The number of piperidine rings is 1. The van der Waals surface area contributed by atoms with Crippen LogP contribution in [-0.2, 0) is 4.74 Å². The number of hydrogen-bond donors (Lipinski definition) is 2. The van der Waals surface area contributed by atoms with Gasteiger partial charge in [0.25, 0.3) is 0 Å². The van der Waals surface area contributed by atoms with Gasteiger partial charge in [0.1, 0.15) is 5.60 Å². The Labute approximate surface area is 149 Å². The Bertz CT molecular complexity index is 589. The first-order valence-electron chi connectivity index (χ1n) is 9.09. The Hall–Kier alpha value is -1.79. The molecule has 1 unspecified atom stereocenters. The summed E-state index contributed by atoms with van der Waals surface area (Å²) in [6, 6.07) is 8.44. The summed E-state index contributed by atoms with van der Waals surface area (Å²) in [7, 11) is 0. The maximum atomic E-state index is 12.1. The number of carbonyl (C=O) groups is 1. The molecule has 6 heteroatoms. The lowest BCUT2D eigenvalue weighted by molar-refractivity contribution is 0.0205. The van der Waals surface area contributed by atoms with Gasteiger partial charge in [-0.15, -0.1) is 0 Å². The summed E-state index contributed by atoms with van der Waals surface area (Å²) >= 11 is 0. The molecule has 0 aliphatic carbocycles. The van der Waals surface area contributed by atoms with Gasteiger partial charge in [-0.05, 0) is 57.2 Å². The highest BCUT2D eigenvalue weighted by molar-refractivity contribution is 5.68. The number of aliphatic hydroxyl groups excluding tert-OH is 1. The first-order valence-corrected chi connectivity index (χ1v) is 9.09. The minimum Gasteiger partial charge on any atom is -0.444 e. The Morgan fingerprint density at radius 2 is 1.80 bits per heavy atom. The van der Waals surface area contributed by atoms with Crippen molar-refractivity contribution < 1.29 is 14.6 Å². The highest BCUT2D eigenvalue weighted by atomic mass is 16.6. The molecule has 2 N–H and O–H groups in total. The van der Waals surface area contributed by atoms with E-state index in [2.05, 4.69) is 29.6 Å². The summed E-state index contributed by atoms with van der Waals surface area (Å²) in [4.78, 5) is 15.9. The van der Waals surface area contributed by atoms with Crippen LogP contribution in [0.5, 0.6) is 0 Å². The standard InChI is InChI=1S/C19H29N3O3/c1-19(2,3)25-18(24)21-11-8-15(9-12-21)14-4-6-16(7-5-14)22-13-10-20-17(22)23/h4-7,15,17,20,23H,8-13H2,1-3H3. The van der Waals surface area contributed by atoms with Gasteiger partial charge in [-0.25, -0.2) is 4.79 Å². The topological polar surface area (TPSA) is 65.0 Å². The van der Waals surface area contributed by atoms with Crippen LogP contribution in [0.15, 0.2) is 24.3 Å². The van der Waals surface area contributed by atoms with E-state index in [1.165, 1.54) is 5.56 Å². The van der Waals surface area contributed by atoms with Gasteiger partial charge < -0.3 is 19.6 Å². The van der Waals surface area contributed by atoms with Crippen molar-refractivity contribution >= 4 is 11.8 Å². The van der Waals surface area contributed by atoms with E-state index in [9.17, 15) is 9.90 Å². The van der Waals surface area contributed by atoms with Crippen molar-refractivity contribution in [2.24, 2.45) is 0 Å². The number of benzene rings is 1. The molecule has 1 atom stereocenters. The van der Waals surface area contributed by atoms with Crippen LogP contribution in [0.1, 0.15) is 45.1 Å². The van der Waals surface area contributed by atoms with Gasteiger partial charge in [-0.3, -0.25) is 5.32 Å². The molecule has 0 spiro atoms. The van der Waals surface area contributed by atoms with Crippen molar-refractivity contribution in [1.82, 2.24) is 10.2 Å². The Morgan fingerprint density at radius 1 is 1.16 bits per heavy atom. The first kappa shape index (κ1) is 18.0. The molecular formula is C19H29N3O3. The van der Waals surface area contributed by atoms with Crippen LogP contribution in [0.3, 0.4) is 0 Å². The molecule has 0 bridgehead atoms.